The van der Waals surface area contributed by atoms with Crippen molar-refractivity contribution in [1.29, 1.82) is 0 Å². The summed E-state index contributed by atoms with van der Waals surface area (Å²) in [5.41, 5.74) is 1.74. The Balaban J connectivity index is 2.53. The van der Waals surface area contributed by atoms with Crippen molar-refractivity contribution in [3.05, 3.63) is 36.0 Å². The first-order chi connectivity index (χ1) is 7.26. The summed E-state index contributed by atoms with van der Waals surface area (Å²) in [5.74, 6) is -0.291. The lowest BCUT2D eigenvalue weighted by atomic mass is 10.1. The lowest BCUT2D eigenvalue weighted by Gasteiger charge is -2.02. The van der Waals surface area contributed by atoms with Crippen molar-refractivity contribution >= 4 is 16.9 Å². The van der Waals surface area contributed by atoms with Crippen molar-refractivity contribution in [2.45, 2.75) is 13.5 Å². The average molecular weight is 203 g/mol. The quantitative estimate of drug-likeness (QED) is 0.702. The van der Waals surface area contributed by atoms with Crippen LogP contribution in [0.2, 0.25) is 0 Å². The van der Waals surface area contributed by atoms with Crippen LogP contribution in [0, 0.1) is 0 Å². The smallest absolute Gasteiger partial charge is 0.337 e. The van der Waals surface area contributed by atoms with E-state index in [2.05, 4.69) is 16.2 Å². The van der Waals surface area contributed by atoms with Crippen LogP contribution >= 0.6 is 0 Å². The molecule has 0 unspecified atom stereocenters. The number of esters is 1. The van der Waals surface area contributed by atoms with Crippen LogP contribution in [0.3, 0.4) is 0 Å². The Labute approximate surface area is 88.3 Å². The highest BCUT2D eigenvalue weighted by molar-refractivity contribution is 5.94. The van der Waals surface area contributed by atoms with Gasteiger partial charge in [0.15, 0.2) is 0 Å². The van der Waals surface area contributed by atoms with E-state index >= 15 is 0 Å². The van der Waals surface area contributed by atoms with Gasteiger partial charge < -0.3 is 9.30 Å². The number of fused-ring (bicyclic) bond motifs is 1. The number of ether oxygens (including phenoxy) is 1. The molecule has 0 bridgehead atoms. The summed E-state index contributed by atoms with van der Waals surface area (Å²) in [4.78, 5) is 11.3. The number of hydrogen-bond donors (Lipinski definition) is 0. The van der Waals surface area contributed by atoms with Crippen molar-refractivity contribution < 1.29 is 9.53 Å². The van der Waals surface area contributed by atoms with Crippen LogP contribution in [0.5, 0.6) is 0 Å². The molecule has 0 aliphatic heterocycles. The largest absolute Gasteiger partial charge is 0.465 e. The molecule has 0 radical (unpaired) electrons. The van der Waals surface area contributed by atoms with E-state index in [9.17, 15) is 4.79 Å². The Hall–Kier alpha value is -1.77. The van der Waals surface area contributed by atoms with E-state index in [1.165, 1.54) is 7.11 Å². The molecule has 0 N–H and O–H groups in total. The third-order valence-electron chi connectivity index (χ3n) is 2.53. The van der Waals surface area contributed by atoms with E-state index in [1.54, 1.807) is 6.07 Å². The molecular formula is C12H13NO2. The Bertz CT molecular complexity index is 499. The zero-order valence-electron chi connectivity index (χ0n) is 8.86. The van der Waals surface area contributed by atoms with Crippen LogP contribution in [0.15, 0.2) is 30.5 Å². The number of aromatic nitrogens is 1. The molecule has 2 rings (SSSR count). The molecule has 0 fully saturated rings. The number of benzene rings is 1. The summed E-state index contributed by atoms with van der Waals surface area (Å²) in [7, 11) is 1.39. The summed E-state index contributed by atoms with van der Waals surface area (Å²) in [6.07, 6.45) is 2.02. The third kappa shape index (κ3) is 1.61. The Morgan fingerprint density at radius 1 is 1.40 bits per heavy atom. The van der Waals surface area contributed by atoms with E-state index in [4.69, 9.17) is 0 Å². The van der Waals surface area contributed by atoms with Gasteiger partial charge in [0.1, 0.15) is 0 Å². The Morgan fingerprint density at radius 2 is 2.20 bits per heavy atom. The van der Waals surface area contributed by atoms with Crippen molar-refractivity contribution in [3.8, 4) is 0 Å². The van der Waals surface area contributed by atoms with Gasteiger partial charge in [-0.2, -0.15) is 0 Å². The highest BCUT2D eigenvalue weighted by Crippen LogP contribution is 2.18. The van der Waals surface area contributed by atoms with Gasteiger partial charge in [-0.05, 0) is 31.2 Å². The molecule has 3 nitrogen and oxygen atoms in total. The SMILES string of the molecule is CCn1ccc2cc(C(=O)OC)ccc21. The lowest BCUT2D eigenvalue weighted by molar-refractivity contribution is 0.0601. The van der Waals surface area contributed by atoms with Crippen LogP contribution in [0.4, 0.5) is 0 Å². The predicted octanol–water partition coefficient (Wildman–Crippen LogP) is 2.45. The summed E-state index contributed by atoms with van der Waals surface area (Å²) in [6, 6.07) is 7.60. The Kier molecular flexibility index (Phi) is 2.46. The van der Waals surface area contributed by atoms with Gasteiger partial charge in [0, 0.05) is 23.6 Å². The van der Waals surface area contributed by atoms with Crippen LogP contribution in [0.1, 0.15) is 17.3 Å². The normalized spacial score (nSPS) is 10.5. The topological polar surface area (TPSA) is 31.2 Å². The second-order valence-corrected chi connectivity index (χ2v) is 3.37. The number of aryl methyl sites for hydroxylation is 1. The Morgan fingerprint density at radius 3 is 2.87 bits per heavy atom. The fraction of sp³-hybridized carbons (Fsp3) is 0.250. The molecule has 0 spiro atoms. The number of carbonyl (C=O) groups excluding carboxylic acids is 1. The molecule has 0 saturated heterocycles. The number of nitrogens with zero attached hydrogens (tertiary/aromatic N) is 1. The maximum absolute atomic E-state index is 11.3. The van der Waals surface area contributed by atoms with Gasteiger partial charge in [-0.1, -0.05) is 0 Å². The highest BCUT2D eigenvalue weighted by Gasteiger charge is 2.07. The van der Waals surface area contributed by atoms with Crippen molar-refractivity contribution in [1.82, 2.24) is 4.57 Å². The van der Waals surface area contributed by atoms with Gasteiger partial charge in [-0.25, -0.2) is 4.79 Å². The van der Waals surface area contributed by atoms with Gasteiger partial charge in [0.25, 0.3) is 0 Å². The van der Waals surface area contributed by atoms with Gasteiger partial charge >= 0.3 is 5.97 Å². The first kappa shape index (κ1) is 9.77. The lowest BCUT2D eigenvalue weighted by Crippen LogP contribution is -2.00. The zero-order chi connectivity index (χ0) is 10.8. The van der Waals surface area contributed by atoms with Crippen molar-refractivity contribution in [3.63, 3.8) is 0 Å². The van der Waals surface area contributed by atoms with E-state index in [1.807, 2.05) is 24.4 Å². The van der Waals surface area contributed by atoms with Crippen LogP contribution in [-0.2, 0) is 11.3 Å². The molecule has 1 heterocycles. The average Bonchev–Trinajstić information content (AvgIpc) is 2.69. The van der Waals surface area contributed by atoms with Gasteiger partial charge in [-0.3, -0.25) is 0 Å². The van der Waals surface area contributed by atoms with E-state index in [-0.39, 0.29) is 5.97 Å². The first-order valence-corrected chi connectivity index (χ1v) is 4.93. The van der Waals surface area contributed by atoms with Crippen molar-refractivity contribution in [2.24, 2.45) is 0 Å². The van der Waals surface area contributed by atoms with E-state index in [0.29, 0.717) is 5.56 Å². The number of methoxy groups -OCH3 is 1. The van der Waals surface area contributed by atoms with Gasteiger partial charge in [0.2, 0.25) is 0 Å². The molecular weight excluding hydrogens is 190 g/mol. The maximum atomic E-state index is 11.3. The summed E-state index contributed by atoms with van der Waals surface area (Å²) in [6.45, 7) is 3.02. The monoisotopic (exact) mass is 203 g/mol. The third-order valence-corrected chi connectivity index (χ3v) is 2.53. The standard InChI is InChI=1S/C12H13NO2/c1-3-13-7-6-9-8-10(12(14)15-2)4-5-11(9)13/h4-8H,3H2,1-2H3. The molecule has 0 aliphatic carbocycles. The number of carbonyl (C=O) groups is 1. The van der Waals surface area contributed by atoms with Crippen LogP contribution < -0.4 is 0 Å². The molecule has 1 aromatic heterocycles. The van der Waals surface area contributed by atoms with E-state index < -0.39 is 0 Å². The molecule has 78 valence electrons. The van der Waals surface area contributed by atoms with Crippen LogP contribution in [0.25, 0.3) is 10.9 Å². The van der Waals surface area contributed by atoms with Gasteiger partial charge in [0.05, 0.1) is 12.7 Å². The zero-order valence-corrected chi connectivity index (χ0v) is 8.86. The summed E-state index contributed by atoms with van der Waals surface area (Å²) in [5, 5.41) is 1.07. The predicted molar refractivity (Wildman–Crippen MR) is 59.0 cm³/mol. The van der Waals surface area contributed by atoms with Gasteiger partial charge in [-0.15, -0.1) is 0 Å². The molecule has 3 heteroatoms. The van der Waals surface area contributed by atoms with Crippen molar-refractivity contribution in [2.75, 3.05) is 7.11 Å². The molecule has 0 aliphatic rings. The summed E-state index contributed by atoms with van der Waals surface area (Å²) >= 11 is 0. The molecule has 0 atom stereocenters. The van der Waals surface area contributed by atoms with Crippen LogP contribution in [-0.4, -0.2) is 17.6 Å². The minimum Gasteiger partial charge on any atom is -0.465 e. The number of hydrogen-bond acceptors (Lipinski definition) is 2. The summed E-state index contributed by atoms with van der Waals surface area (Å²) < 4.78 is 6.81. The molecule has 0 saturated carbocycles. The fourth-order valence-corrected chi connectivity index (χ4v) is 1.72. The molecule has 1 aromatic carbocycles. The van der Waals surface area contributed by atoms with E-state index in [0.717, 1.165) is 17.4 Å². The highest BCUT2D eigenvalue weighted by atomic mass is 16.5. The maximum Gasteiger partial charge on any atom is 0.337 e. The minimum absolute atomic E-state index is 0.291. The molecule has 2 aromatic rings. The first-order valence-electron chi connectivity index (χ1n) is 4.93. The number of rotatable bonds is 2. The second-order valence-electron chi connectivity index (χ2n) is 3.37. The minimum atomic E-state index is -0.291. The fourth-order valence-electron chi connectivity index (χ4n) is 1.72. The molecule has 15 heavy (non-hydrogen) atoms. The molecule has 0 amide bonds. The second kappa shape index (κ2) is 3.77.